The molecule has 0 aromatic heterocycles. The molecule has 1 aliphatic rings. The number of carbonyl (C=O) groups excluding carboxylic acids is 1. The molecule has 0 bridgehead atoms. The highest BCUT2D eigenvalue weighted by Crippen LogP contribution is 2.23. The summed E-state index contributed by atoms with van der Waals surface area (Å²) in [6.07, 6.45) is 1.85. The summed E-state index contributed by atoms with van der Waals surface area (Å²) >= 11 is 0. The lowest BCUT2D eigenvalue weighted by Gasteiger charge is -2.27. The van der Waals surface area contributed by atoms with Crippen molar-refractivity contribution >= 4 is 6.03 Å². The summed E-state index contributed by atoms with van der Waals surface area (Å²) in [5.41, 5.74) is 5.10. The van der Waals surface area contributed by atoms with E-state index >= 15 is 0 Å². The van der Waals surface area contributed by atoms with Gasteiger partial charge in [0.1, 0.15) is 0 Å². The third-order valence-electron chi connectivity index (χ3n) is 4.84. The van der Waals surface area contributed by atoms with E-state index in [0.717, 1.165) is 18.4 Å². The number of benzene rings is 2. The van der Waals surface area contributed by atoms with Crippen LogP contribution in [0, 0.1) is 6.92 Å². The molecule has 23 heavy (non-hydrogen) atoms. The van der Waals surface area contributed by atoms with Crippen molar-refractivity contribution in [3.63, 3.8) is 0 Å². The molecule has 2 aromatic carbocycles. The highest BCUT2D eigenvalue weighted by molar-refractivity contribution is 5.75. The lowest BCUT2D eigenvalue weighted by molar-refractivity contribution is 0.190. The van der Waals surface area contributed by atoms with Crippen molar-refractivity contribution in [1.82, 2.24) is 10.2 Å². The first-order valence-corrected chi connectivity index (χ1v) is 8.21. The number of nitrogens with zero attached hydrogens (tertiary/aromatic N) is 1. The molecule has 120 valence electrons. The van der Waals surface area contributed by atoms with Crippen LogP contribution in [-0.2, 0) is 12.8 Å². The van der Waals surface area contributed by atoms with Crippen LogP contribution in [0.2, 0.25) is 0 Å². The highest BCUT2D eigenvalue weighted by atomic mass is 16.2. The van der Waals surface area contributed by atoms with Gasteiger partial charge < -0.3 is 10.2 Å². The van der Waals surface area contributed by atoms with Crippen LogP contribution < -0.4 is 5.32 Å². The van der Waals surface area contributed by atoms with E-state index in [1.165, 1.54) is 16.7 Å². The van der Waals surface area contributed by atoms with E-state index in [1.54, 1.807) is 4.90 Å². The molecule has 1 aliphatic carbocycles. The Kier molecular flexibility index (Phi) is 4.37. The molecule has 1 N–H and O–H groups in total. The molecule has 0 heterocycles. The molecule has 1 atom stereocenters. The lowest BCUT2D eigenvalue weighted by atomic mass is 10.1. The quantitative estimate of drug-likeness (QED) is 0.917. The number of hydrogen-bond acceptors (Lipinski definition) is 1. The maximum Gasteiger partial charge on any atom is 0.317 e. The second-order valence-corrected chi connectivity index (χ2v) is 6.52. The van der Waals surface area contributed by atoms with Gasteiger partial charge in [0, 0.05) is 13.1 Å². The van der Waals surface area contributed by atoms with Gasteiger partial charge in [-0.15, -0.1) is 0 Å². The molecule has 0 radical (unpaired) electrons. The maximum absolute atomic E-state index is 12.5. The average molecular weight is 308 g/mol. The minimum absolute atomic E-state index is 0.00381. The predicted molar refractivity (Wildman–Crippen MR) is 93.5 cm³/mol. The highest BCUT2D eigenvalue weighted by Gasteiger charge is 2.25. The molecule has 0 spiro atoms. The van der Waals surface area contributed by atoms with Gasteiger partial charge in [-0.1, -0.05) is 54.1 Å². The van der Waals surface area contributed by atoms with E-state index < -0.39 is 0 Å². The van der Waals surface area contributed by atoms with Crippen LogP contribution in [0.15, 0.2) is 48.5 Å². The van der Waals surface area contributed by atoms with Crippen LogP contribution in [0.5, 0.6) is 0 Å². The molecule has 1 unspecified atom stereocenters. The third kappa shape index (κ3) is 3.39. The summed E-state index contributed by atoms with van der Waals surface area (Å²) in [5, 5.41) is 3.17. The van der Waals surface area contributed by atoms with Crippen LogP contribution >= 0.6 is 0 Å². The summed E-state index contributed by atoms with van der Waals surface area (Å²) in [6.45, 7) is 4.14. The van der Waals surface area contributed by atoms with Gasteiger partial charge in [0.05, 0.1) is 6.04 Å². The Balaban J connectivity index is 1.61. The summed E-state index contributed by atoms with van der Waals surface area (Å²) in [6, 6.07) is 17.0. The summed E-state index contributed by atoms with van der Waals surface area (Å²) in [4.78, 5) is 14.3. The van der Waals surface area contributed by atoms with E-state index in [2.05, 4.69) is 67.7 Å². The van der Waals surface area contributed by atoms with Crippen molar-refractivity contribution in [2.75, 3.05) is 7.05 Å². The summed E-state index contributed by atoms with van der Waals surface area (Å²) in [5.74, 6) is 0. The number of carbonyl (C=O) groups is 1. The zero-order valence-corrected chi connectivity index (χ0v) is 14.0. The molecule has 0 fully saturated rings. The lowest BCUT2D eigenvalue weighted by Crippen LogP contribution is -2.44. The zero-order valence-electron chi connectivity index (χ0n) is 14.0. The van der Waals surface area contributed by atoms with Gasteiger partial charge in [0.25, 0.3) is 0 Å². The standard InChI is InChI=1S/C20H24N2O/c1-14-8-10-16(11-9-14)15(2)22(3)20(23)21-19-12-17-6-4-5-7-18(17)13-19/h4-11,15,19H,12-13H2,1-3H3,(H,21,23). The third-order valence-corrected chi connectivity index (χ3v) is 4.84. The Bertz CT molecular complexity index is 668. The molecule has 0 saturated carbocycles. The second kappa shape index (κ2) is 6.45. The monoisotopic (exact) mass is 308 g/mol. The number of urea groups is 1. The van der Waals surface area contributed by atoms with Gasteiger partial charge in [-0.25, -0.2) is 4.79 Å². The van der Waals surface area contributed by atoms with Crippen molar-refractivity contribution in [3.8, 4) is 0 Å². The Labute approximate surface area is 138 Å². The number of fused-ring (bicyclic) bond motifs is 1. The van der Waals surface area contributed by atoms with Crippen molar-refractivity contribution in [1.29, 1.82) is 0 Å². The first kappa shape index (κ1) is 15.6. The number of rotatable bonds is 3. The van der Waals surface area contributed by atoms with Crippen LogP contribution in [0.4, 0.5) is 4.79 Å². The topological polar surface area (TPSA) is 32.3 Å². The molecule has 3 rings (SSSR count). The summed E-state index contributed by atoms with van der Waals surface area (Å²) < 4.78 is 0. The SMILES string of the molecule is Cc1ccc(C(C)N(C)C(=O)NC2Cc3ccccc3C2)cc1. The number of nitrogens with one attached hydrogen (secondary N) is 1. The molecular formula is C20H24N2O. The van der Waals surface area contributed by atoms with Crippen molar-refractivity contribution in [2.45, 2.75) is 38.8 Å². The molecule has 0 saturated heterocycles. The molecule has 0 aliphatic heterocycles. The minimum Gasteiger partial charge on any atom is -0.335 e. The van der Waals surface area contributed by atoms with E-state index in [0.29, 0.717) is 0 Å². The van der Waals surface area contributed by atoms with Crippen LogP contribution in [0.3, 0.4) is 0 Å². The fourth-order valence-electron chi connectivity index (χ4n) is 3.18. The fourth-order valence-corrected chi connectivity index (χ4v) is 3.18. The molecule has 3 heteroatoms. The van der Waals surface area contributed by atoms with Crippen molar-refractivity contribution in [2.24, 2.45) is 0 Å². The van der Waals surface area contributed by atoms with E-state index in [4.69, 9.17) is 0 Å². The Hall–Kier alpha value is -2.29. The number of aryl methyl sites for hydroxylation is 1. The molecular weight excluding hydrogens is 284 g/mol. The van der Waals surface area contributed by atoms with Gasteiger partial charge in [-0.2, -0.15) is 0 Å². The normalized spacial score (nSPS) is 15.1. The average Bonchev–Trinajstić information content (AvgIpc) is 2.96. The number of amides is 2. The molecule has 2 aromatic rings. The van der Waals surface area contributed by atoms with Gasteiger partial charge >= 0.3 is 6.03 Å². The minimum atomic E-state index is -0.00381. The fraction of sp³-hybridized carbons (Fsp3) is 0.350. The predicted octanol–water partition coefficient (Wildman–Crippen LogP) is 3.86. The van der Waals surface area contributed by atoms with Crippen LogP contribution in [0.25, 0.3) is 0 Å². The van der Waals surface area contributed by atoms with Crippen molar-refractivity contribution in [3.05, 3.63) is 70.8 Å². The first-order valence-electron chi connectivity index (χ1n) is 8.21. The zero-order chi connectivity index (χ0) is 16.4. The number of hydrogen-bond donors (Lipinski definition) is 1. The van der Waals surface area contributed by atoms with Gasteiger partial charge in [-0.05, 0) is 43.4 Å². The van der Waals surface area contributed by atoms with E-state index in [-0.39, 0.29) is 18.1 Å². The van der Waals surface area contributed by atoms with E-state index in [1.807, 2.05) is 7.05 Å². The van der Waals surface area contributed by atoms with Gasteiger partial charge in [-0.3, -0.25) is 0 Å². The molecule has 2 amide bonds. The van der Waals surface area contributed by atoms with Gasteiger partial charge in [0.2, 0.25) is 0 Å². The molecule has 3 nitrogen and oxygen atoms in total. The van der Waals surface area contributed by atoms with Gasteiger partial charge in [0.15, 0.2) is 0 Å². The van der Waals surface area contributed by atoms with E-state index in [9.17, 15) is 4.79 Å². The van der Waals surface area contributed by atoms with Crippen molar-refractivity contribution < 1.29 is 4.79 Å². The first-order chi connectivity index (χ1) is 11.0. The Morgan fingerprint density at radius 2 is 1.65 bits per heavy atom. The Morgan fingerprint density at radius 1 is 1.09 bits per heavy atom. The smallest absolute Gasteiger partial charge is 0.317 e. The van der Waals surface area contributed by atoms with Crippen LogP contribution in [-0.4, -0.2) is 24.0 Å². The van der Waals surface area contributed by atoms with Crippen LogP contribution in [0.1, 0.15) is 35.2 Å². The second-order valence-electron chi connectivity index (χ2n) is 6.52. The Morgan fingerprint density at radius 3 is 2.22 bits per heavy atom. The maximum atomic E-state index is 12.5. The summed E-state index contributed by atoms with van der Waals surface area (Å²) in [7, 11) is 1.86. The largest absolute Gasteiger partial charge is 0.335 e.